The Morgan fingerprint density at radius 3 is 2.75 bits per heavy atom. The van der Waals surface area contributed by atoms with Crippen molar-refractivity contribution in [3.63, 3.8) is 0 Å². The van der Waals surface area contributed by atoms with Crippen LogP contribution in [0, 0.1) is 0 Å². The Bertz CT molecular complexity index is 460. The van der Waals surface area contributed by atoms with Crippen LogP contribution < -0.4 is 0 Å². The number of benzene rings is 1. The first-order valence-electron chi connectivity index (χ1n) is 6.83. The molecular weight excluding hydrogens is 258 g/mol. The van der Waals surface area contributed by atoms with Gasteiger partial charge in [0.05, 0.1) is 13.2 Å². The summed E-state index contributed by atoms with van der Waals surface area (Å²) in [6, 6.07) is 10.0. The number of morpholine rings is 1. The van der Waals surface area contributed by atoms with Crippen molar-refractivity contribution in [3.8, 4) is 0 Å². The summed E-state index contributed by atoms with van der Waals surface area (Å²) in [5.41, 5.74) is 1.21. The van der Waals surface area contributed by atoms with Crippen molar-refractivity contribution in [2.75, 3.05) is 19.7 Å². The van der Waals surface area contributed by atoms with Gasteiger partial charge in [-0.2, -0.15) is 0 Å². The fraction of sp³-hybridized carbons (Fsp3) is 0.467. The van der Waals surface area contributed by atoms with Crippen LogP contribution in [0.2, 0.25) is 0 Å². The standard InChI is InChI=1S/C15H19NO4/c17-14(8-4-7-12-5-2-1-3-6-12)16-9-10-20-13(11-16)15(18)19/h1-3,5-6,13H,4,7-11H2,(H,18,19). The number of hydrogen-bond acceptors (Lipinski definition) is 3. The second kappa shape index (κ2) is 7.05. The van der Waals surface area contributed by atoms with E-state index in [1.807, 2.05) is 30.3 Å². The van der Waals surface area contributed by atoms with Crippen molar-refractivity contribution < 1.29 is 19.4 Å². The van der Waals surface area contributed by atoms with Crippen LogP contribution >= 0.6 is 0 Å². The lowest BCUT2D eigenvalue weighted by Crippen LogP contribution is -2.48. The first-order chi connectivity index (χ1) is 9.66. The molecule has 1 saturated heterocycles. The summed E-state index contributed by atoms with van der Waals surface area (Å²) in [7, 11) is 0. The number of aryl methyl sites for hydroxylation is 1. The molecule has 20 heavy (non-hydrogen) atoms. The zero-order valence-corrected chi connectivity index (χ0v) is 11.3. The second-order valence-electron chi connectivity index (χ2n) is 4.88. The molecule has 0 aromatic heterocycles. The summed E-state index contributed by atoms with van der Waals surface area (Å²) in [4.78, 5) is 24.5. The minimum atomic E-state index is -1.01. The van der Waals surface area contributed by atoms with Crippen LogP contribution in [-0.2, 0) is 20.7 Å². The van der Waals surface area contributed by atoms with E-state index in [0.717, 1.165) is 12.8 Å². The van der Waals surface area contributed by atoms with Gasteiger partial charge in [0.2, 0.25) is 5.91 Å². The number of carbonyl (C=O) groups is 2. The fourth-order valence-corrected chi connectivity index (χ4v) is 2.27. The van der Waals surface area contributed by atoms with Crippen molar-refractivity contribution in [3.05, 3.63) is 35.9 Å². The van der Waals surface area contributed by atoms with Gasteiger partial charge in [-0.1, -0.05) is 30.3 Å². The van der Waals surface area contributed by atoms with Crippen LogP contribution in [0.1, 0.15) is 18.4 Å². The second-order valence-corrected chi connectivity index (χ2v) is 4.88. The van der Waals surface area contributed by atoms with E-state index in [1.54, 1.807) is 4.90 Å². The van der Waals surface area contributed by atoms with Gasteiger partial charge < -0.3 is 14.7 Å². The highest BCUT2D eigenvalue weighted by Gasteiger charge is 2.28. The maximum atomic E-state index is 12.0. The van der Waals surface area contributed by atoms with Crippen LogP contribution in [0.15, 0.2) is 30.3 Å². The highest BCUT2D eigenvalue weighted by Crippen LogP contribution is 2.10. The Kier molecular flexibility index (Phi) is 5.12. The smallest absolute Gasteiger partial charge is 0.334 e. The molecule has 0 bridgehead atoms. The third-order valence-corrected chi connectivity index (χ3v) is 3.39. The number of carbonyl (C=O) groups excluding carboxylic acids is 1. The molecule has 1 heterocycles. The summed E-state index contributed by atoms with van der Waals surface area (Å²) in [5.74, 6) is -0.998. The van der Waals surface area contributed by atoms with Gasteiger partial charge in [0.1, 0.15) is 0 Å². The average molecular weight is 277 g/mol. The number of nitrogens with zero attached hydrogens (tertiary/aromatic N) is 1. The van der Waals surface area contributed by atoms with Gasteiger partial charge in [-0.05, 0) is 18.4 Å². The third-order valence-electron chi connectivity index (χ3n) is 3.39. The van der Waals surface area contributed by atoms with E-state index < -0.39 is 12.1 Å². The van der Waals surface area contributed by atoms with Crippen LogP contribution in [0.25, 0.3) is 0 Å². The highest BCUT2D eigenvalue weighted by atomic mass is 16.5. The molecule has 5 nitrogen and oxygen atoms in total. The monoisotopic (exact) mass is 277 g/mol. The minimum Gasteiger partial charge on any atom is -0.479 e. The summed E-state index contributed by atoms with van der Waals surface area (Å²) >= 11 is 0. The first kappa shape index (κ1) is 14.5. The topological polar surface area (TPSA) is 66.8 Å². The molecule has 1 amide bonds. The van der Waals surface area contributed by atoms with Gasteiger partial charge in [-0.25, -0.2) is 4.79 Å². The Labute approximate surface area is 118 Å². The average Bonchev–Trinajstić information content (AvgIpc) is 2.48. The van der Waals surface area contributed by atoms with Gasteiger partial charge in [-0.3, -0.25) is 4.79 Å². The number of ether oxygens (including phenoxy) is 1. The quantitative estimate of drug-likeness (QED) is 0.881. The molecule has 1 atom stereocenters. The van der Waals surface area contributed by atoms with Crippen LogP contribution in [-0.4, -0.2) is 47.7 Å². The van der Waals surface area contributed by atoms with Crippen LogP contribution in [0.4, 0.5) is 0 Å². The van der Waals surface area contributed by atoms with Gasteiger partial charge in [0, 0.05) is 13.0 Å². The molecule has 0 spiro atoms. The van der Waals surface area contributed by atoms with Crippen molar-refractivity contribution in [2.24, 2.45) is 0 Å². The van der Waals surface area contributed by atoms with Gasteiger partial charge in [0.25, 0.3) is 0 Å². The van der Waals surface area contributed by atoms with E-state index in [-0.39, 0.29) is 12.5 Å². The fourth-order valence-electron chi connectivity index (χ4n) is 2.27. The lowest BCUT2D eigenvalue weighted by Gasteiger charge is -2.30. The maximum absolute atomic E-state index is 12.0. The molecule has 0 aliphatic carbocycles. The zero-order valence-electron chi connectivity index (χ0n) is 11.3. The Balaban J connectivity index is 1.75. The van der Waals surface area contributed by atoms with E-state index in [4.69, 9.17) is 9.84 Å². The molecular formula is C15H19NO4. The number of carboxylic acid groups (broad SMARTS) is 1. The highest BCUT2D eigenvalue weighted by molar-refractivity contribution is 5.78. The Morgan fingerprint density at radius 1 is 1.30 bits per heavy atom. The molecule has 5 heteroatoms. The molecule has 108 valence electrons. The molecule has 2 rings (SSSR count). The van der Waals surface area contributed by atoms with Crippen molar-refractivity contribution in [1.29, 1.82) is 0 Å². The van der Waals surface area contributed by atoms with Crippen molar-refractivity contribution in [1.82, 2.24) is 4.90 Å². The largest absolute Gasteiger partial charge is 0.479 e. The molecule has 0 radical (unpaired) electrons. The summed E-state index contributed by atoms with van der Waals surface area (Å²) in [6.07, 6.45) is 1.19. The van der Waals surface area contributed by atoms with E-state index in [1.165, 1.54) is 5.56 Å². The van der Waals surface area contributed by atoms with Crippen LogP contribution in [0.3, 0.4) is 0 Å². The van der Waals surface area contributed by atoms with Crippen LogP contribution in [0.5, 0.6) is 0 Å². The summed E-state index contributed by atoms with van der Waals surface area (Å²) in [6.45, 7) is 0.925. The Hall–Kier alpha value is -1.88. The number of aliphatic carboxylic acids is 1. The predicted molar refractivity (Wildman–Crippen MR) is 73.3 cm³/mol. The Morgan fingerprint density at radius 2 is 2.05 bits per heavy atom. The SMILES string of the molecule is O=C(O)C1CN(C(=O)CCCc2ccccc2)CCO1. The number of carboxylic acids is 1. The zero-order chi connectivity index (χ0) is 14.4. The summed E-state index contributed by atoms with van der Waals surface area (Å²) < 4.78 is 5.10. The number of hydrogen-bond donors (Lipinski definition) is 1. The van der Waals surface area contributed by atoms with Crippen molar-refractivity contribution in [2.45, 2.75) is 25.4 Å². The van der Waals surface area contributed by atoms with Gasteiger partial charge >= 0.3 is 5.97 Å². The lowest BCUT2D eigenvalue weighted by molar-refractivity contribution is -0.159. The molecule has 1 aliphatic heterocycles. The number of amides is 1. The molecule has 1 aliphatic rings. The molecule has 1 aromatic rings. The van der Waals surface area contributed by atoms with E-state index >= 15 is 0 Å². The third kappa shape index (κ3) is 4.06. The predicted octanol–water partition coefficient (Wildman–Crippen LogP) is 1.32. The molecule has 1 unspecified atom stereocenters. The van der Waals surface area contributed by atoms with Crippen molar-refractivity contribution >= 4 is 11.9 Å². The lowest BCUT2D eigenvalue weighted by atomic mass is 10.1. The van der Waals surface area contributed by atoms with E-state index in [9.17, 15) is 9.59 Å². The normalized spacial score (nSPS) is 18.8. The molecule has 0 saturated carbocycles. The van der Waals surface area contributed by atoms with E-state index in [2.05, 4.69) is 0 Å². The summed E-state index contributed by atoms with van der Waals surface area (Å²) in [5, 5.41) is 8.90. The maximum Gasteiger partial charge on any atom is 0.334 e. The molecule has 1 aromatic carbocycles. The van der Waals surface area contributed by atoms with Gasteiger partial charge in [0.15, 0.2) is 6.10 Å². The molecule has 1 fully saturated rings. The van der Waals surface area contributed by atoms with E-state index in [0.29, 0.717) is 19.6 Å². The first-order valence-corrected chi connectivity index (χ1v) is 6.83. The molecule has 1 N–H and O–H groups in total. The van der Waals surface area contributed by atoms with Gasteiger partial charge in [-0.15, -0.1) is 0 Å². The minimum absolute atomic E-state index is 0.00970. The number of rotatable bonds is 5.